The van der Waals surface area contributed by atoms with Crippen molar-refractivity contribution in [3.63, 3.8) is 0 Å². The Morgan fingerprint density at radius 3 is 2.79 bits per heavy atom. The van der Waals surface area contributed by atoms with Crippen molar-refractivity contribution >= 4 is 21.6 Å². The number of aryl methyl sites for hydroxylation is 2. The molecule has 0 radical (unpaired) electrons. The van der Waals surface area contributed by atoms with Gasteiger partial charge >= 0.3 is 0 Å². The number of sulfonamides is 1. The Kier molecular flexibility index (Phi) is 4.42. The number of nitrogens with one attached hydrogen (secondary N) is 2. The van der Waals surface area contributed by atoms with E-state index in [4.69, 9.17) is 4.52 Å². The van der Waals surface area contributed by atoms with Gasteiger partial charge in [-0.15, -0.1) is 0 Å². The van der Waals surface area contributed by atoms with Crippen LogP contribution < -0.4 is 10.0 Å². The molecule has 0 unspecified atom stereocenters. The molecule has 0 aliphatic heterocycles. The Morgan fingerprint density at radius 2 is 2.12 bits per heavy atom. The summed E-state index contributed by atoms with van der Waals surface area (Å²) in [6, 6.07) is 6.21. The first-order chi connectivity index (χ1) is 11.4. The molecule has 3 rings (SSSR count). The van der Waals surface area contributed by atoms with Crippen LogP contribution in [0.2, 0.25) is 0 Å². The second kappa shape index (κ2) is 6.37. The van der Waals surface area contributed by atoms with E-state index < -0.39 is 10.0 Å². The molecule has 24 heavy (non-hydrogen) atoms. The van der Waals surface area contributed by atoms with E-state index in [2.05, 4.69) is 15.2 Å². The van der Waals surface area contributed by atoms with Crippen molar-refractivity contribution in [3.05, 3.63) is 41.3 Å². The molecule has 0 saturated heterocycles. The maximum atomic E-state index is 12.4. The molecule has 1 aliphatic rings. The number of nitrogens with zero attached hydrogens (tertiary/aromatic N) is 1. The number of rotatable bonds is 6. The third-order valence-corrected chi connectivity index (χ3v) is 5.31. The fourth-order valence-corrected chi connectivity index (χ4v) is 3.72. The van der Waals surface area contributed by atoms with Crippen LogP contribution in [0.15, 0.2) is 33.7 Å². The van der Waals surface area contributed by atoms with Crippen LogP contribution in [-0.2, 0) is 16.4 Å². The molecule has 1 aliphatic carbocycles. The summed E-state index contributed by atoms with van der Waals surface area (Å²) >= 11 is 0. The molecule has 2 aromatic rings. The maximum Gasteiger partial charge on any atom is 0.261 e. The lowest BCUT2D eigenvalue weighted by Crippen LogP contribution is -2.25. The minimum atomic E-state index is -3.56. The minimum absolute atomic E-state index is 0.0278. The number of benzene rings is 1. The summed E-state index contributed by atoms with van der Waals surface area (Å²) in [7, 11) is -3.56. The fraction of sp³-hybridized carbons (Fsp3) is 0.375. The Bertz CT molecular complexity index is 869. The second-order valence-corrected chi connectivity index (χ2v) is 7.51. The van der Waals surface area contributed by atoms with E-state index >= 15 is 0 Å². The zero-order valence-corrected chi connectivity index (χ0v) is 14.3. The normalized spacial score (nSPS) is 14.6. The molecule has 8 heteroatoms. The zero-order chi connectivity index (χ0) is 17.3. The highest BCUT2D eigenvalue weighted by atomic mass is 32.2. The summed E-state index contributed by atoms with van der Waals surface area (Å²) in [5, 5.41) is 6.56. The van der Waals surface area contributed by atoms with Gasteiger partial charge in [-0.1, -0.05) is 18.1 Å². The van der Waals surface area contributed by atoms with Gasteiger partial charge in [0.15, 0.2) is 0 Å². The van der Waals surface area contributed by atoms with E-state index in [9.17, 15) is 13.2 Å². The third-order valence-electron chi connectivity index (χ3n) is 3.80. The van der Waals surface area contributed by atoms with Crippen LogP contribution in [0.25, 0.3) is 0 Å². The van der Waals surface area contributed by atoms with E-state index in [0.717, 1.165) is 12.8 Å². The number of aromatic nitrogens is 1. The summed E-state index contributed by atoms with van der Waals surface area (Å²) < 4.78 is 32.2. The summed E-state index contributed by atoms with van der Waals surface area (Å²) in [5.41, 5.74) is 1.37. The average molecular weight is 349 g/mol. The molecule has 0 spiro atoms. The van der Waals surface area contributed by atoms with Crippen molar-refractivity contribution in [1.29, 1.82) is 0 Å². The molecule has 1 saturated carbocycles. The first-order valence-corrected chi connectivity index (χ1v) is 9.28. The van der Waals surface area contributed by atoms with Crippen molar-refractivity contribution in [1.82, 2.24) is 9.88 Å². The van der Waals surface area contributed by atoms with Gasteiger partial charge in [-0.25, -0.2) is 13.1 Å². The van der Waals surface area contributed by atoms with Crippen LogP contribution in [0.3, 0.4) is 0 Å². The van der Waals surface area contributed by atoms with Gasteiger partial charge in [-0.05, 0) is 44.4 Å². The maximum absolute atomic E-state index is 12.4. The highest BCUT2D eigenvalue weighted by molar-refractivity contribution is 7.89. The van der Waals surface area contributed by atoms with Crippen LogP contribution in [0.4, 0.5) is 5.69 Å². The molecular formula is C16H19N3O4S. The van der Waals surface area contributed by atoms with E-state index in [0.29, 0.717) is 29.1 Å². The molecule has 1 aromatic carbocycles. The molecule has 7 nitrogen and oxygen atoms in total. The van der Waals surface area contributed by atoms with Crippen LogP contribution in [0.5, 0.6) is 0 Å². The van der Waals surface area contributed by atoms with Gasteiger partial charge in [0.2, 0.25) is 10.0 Å². The highest BCUT2D eigenvalue weighted by Gasteiger charge is 2.28. The number of carbonyl (C=O) groups is 1. The first-order valence-electron chi connectivity index (χ1n) is 7.79. The molecule has 1 aromatic heterocycles. The Labute approximate surface area is 140 Å². The van der Waals surface area contributed by atoms with Gasteiger partial charge in [0.25, 0.3) is 5.91 Å². The Balaban J connectivity index is 1.81. The third kappa shape index (κ3) is 3.49. The molecule has 0 atom stereocenters. The van der Waals surface area contributed by atoms with Gasteiger partial charge in [-0.3, -0.25) is 4.79 Å². The summed E-state index contributed by atoms with van der Waals surface area (Å²) in [5.74, 6) is 0.0684. The number of carbonyl (C=O) groups excluding carboxylic acids is 1. The molecule has 1 heterocycles. The summed E-state index contributed by atoms with van der Waals surface area (Å²) in [6.45, 7) is 3.55. The predicted molar refractivity (Wildman–Crippen MR) is 88.4 cm³/mol. The lowest BCUT2D eigenvalue weighted by molar-refractivity contribution is 0.102. The van der Waals surface area contributed by atoms with Crippen LogP contribution >= 0.6 is 0 Å². The predicted octanol–water partition coefficient (Wildman–Crippen LogP) is 2.24. The van der Waals surface area contributed by atoms with Crippen molar-refractivity contribution < 1.29 is 17.7 Å². The van der Waals surface area contributed by atoms with Gasteiger partial charge in [0, 0.05) is 11.7 Å². The smallest absolute Gasteiger partial charge is 0.261 e. The highest BCUT2D eigenvalue weighted by Crippen LogP contribution is 2.24. The van der Waals surface area contributed by atoms with E-state index in [1.807, 2.05) is 6.92 Å². The van der Waals surface area contributed by atoms with Crippen molar-refractivity contribution in [2.24, 2.45) is 0 Å². The minimum Gasteiger partial charge on any atom is -0.361 e. The van der Waals surface area contributed by atoms with E-state index in [-0.39, 0.29) is 16.8 Å². The lowest BCUT2D eigenvalue weighted by Gasteiger charge is -2.09. The molecule has 128 valence electrons. The zero-order valence-electron chi connectivity index (χ0n) is 13.5. The number of amides is 1. The molecular weight excluding hydrogens is 330 g/mol. The Morgan fingerprint density at radius 1 is 1.38 bits per heavy atom. The van der Waals surface area contributed by atoms with Crippen LogP contribution in [0, 0.1) is 6.92 Å². The van der Waals surface area contributed by atoms with Crippen LogP contribution in [0.1, 0.15) is 41.6 Å². The fourth-order valence-electron chi connectivity index (χ4n) is 2.37. The molecule has 0 bridgehead atoms. The quantitative estimate of drug-likeness (QED) is 0.833. The molecule has 2 N–H and O–H groups in total. The van der Waals surface area contributed by atoms with Crippen molar-refractivity contribution in [3.8, 4) is 0 Å². The van der Waals surface area contributed by atoms with Crippen LogP contribution in [-0.4, -0.2) is 25.5 Å². The Hall–Kier alpha value is -2.19. The van der Waals surface area contributed by atoms with E-state index in [1.54, 1.807) is 19.1 Å². The monoisotopic (exact) mass is 349 g/mol. The molecule has 1 fully saturated rings. The number of hydrogen-bond acceptors (Lipinski definition) is 5. The standard InChI is InChI=1S/C16H19N3O4S/c1-3-14-15(10(2)23-18-14)16(20)17-12-5-4-6-13(9-12)24(21,22)19-11-7-8-11/h4-6,9,11,19H,3,7-8H2,1-2H3,(H,17,20). The van der Waals surface area contributed by atoms with Gasteiger partial charge in [0.1, 0.15) is 11.3 Å². The van der Waals surface area contributed by atoms with Gasteiger partial charge in [0.05, 0.1) is 10.6 Å². The van der Waals surface area contributed by atoms with Gasteiger partial charge in [-0.2, -0.15) is 0 Å². The molecule has 1 amide bonds. The number of hydrogen-bond donors (Lipinski definition) is 2. The topological polar surface area (TPSA) is 101 Å². The summed E-state index contributed by atoms with van der Waals surface area (Å²) in [6.07, 6.45) is 2.30. The van der Waals surface area contributed by atoms with E-state index in [1.165, 1.54) is 12.1 Å². The van der Waals surface area contributed by atoms with Gasteiger partial charge < -0.3 is 9.84 Å². The SMILES string of the molecule is CCc1noc(C)c1C(=O)Nc1cccc(S(=O)(=O)NC2CC2)c1. The number of anilines is 1. The first kappa shape index (κ1) is 16.7. The summed E-state index contributed by atoms with van der Waals surface area (Å²) in [4.78, 5) is 12.6. The van der Waals surface area contributed by atoms with Crippen molar-refractivity contribution in [2.75, 3.05) is 5.32 Å². The average Bonchev–Trinajstić information content (AvgIpc) is 3.26. The lowest BCUT2D eigenvalue weighted by atomic mass is 10.1. The largest absolute Gasteiger partial charge is 0.361 e. The second-order valence-electron chi connectivity index (χ2n) is 5.79. The van der Waals surface area contributed by atoms with Crippen molar-refractivity contribution in [2.45, 2.75) is 44.0 Å².